The van der Waals surface area contributed by atoms with Crippen LogP contribution in [-0.2, 0) is 6.54 Å². The van der Waals surface area contributed by atoms with Gasteiger partial charge in [-0.3, -0.25) is 14.8 Å². The van der Waals surface area contributed by atoms with Gasteiger partial charge in [-0.2, -0.15) is 5.10 Å². The minimum absolute atomic E-state index is 0.0344. The van der Waals surface area contributed by atoms with Gasteiger partial charge in [-0.15, -0.1) is 0 Å². The number of likely N-dealkylation sites (tertiary alicyclic amines) is 1. The normalized spacial score (nSPS) is 15.5. The molecule has 1 fully saturated rings. The number of aromatic nitrogens is 5. The lowest BCUT2D eigenvalue weighted by atomic mass is 10.0. The van der Waals surface area contributed by atoms with Crippen molar-refractivity contribution in [3.8, 4) is 22.5 Å². The minimum Gasteiger partial charge on any atom is -0.359 e. The molecule has 1 aliphatic heterocycles. The van der Waals surface area contributed by atoms with E-state index >= 15 is 0 Å². The Kier molecular flexibility index (Phi) is 7.47. The molecule has 37 heavy (non-hydrogen) atoms. The first-order valence-electron chi connectivity index (χ1n) is 12.4. The predicted molar refractivity (Wildman–Crippen MR) is 141 cm³/mol. The first-order valence-corrected chi connectivity index (χ1v) is 12.8. The molecule has 0 bridgehead atoms. The first kappa shape index (κ1) is 24.9. The van der Waals surface area contributed by atoms with Crippen molar-refractivity contribution >= 4 is 23.5 Å². The largest absolute Gasteiger partial charge is 0.359 e. The summed E-state index contributed by atoms with van der Waals surface area (Å²) in [5.41, 5.74) is 3.56. The first-order chi connectivity index (χ1) is 18.1. The van der Waals surface area contributed by atoms with E-state index in [1.165, 1.54) is 0 Å². The zero-order valence-corrected chi connectivity index (χ0v) is 21.6. The molecule has 2 N–H and O–H groups in total. The minimum atomic E-state index is -0.0619. The van der Waals surface area contributed by atoms with Gasteiger partial charge in [0, 0.05) is 42.1 Å². The average Bonchev–Trinajstić information content (AvgIpc) is 3.68. The summed E-state index contributed by atoms with van der Waals surface area (Å²) in [5.74, 6) is 1.17. The summed E-state index contributed by atoms with van der Waals surface area (Å²) in [4.78, 5) is 26.0. The lowest BCUT2D eigenvalue weighted by molar-refractivity contribution is 0.0785. The number of H-pyrrole nitrogens is 1. The molecule has 10 nitrogen and oxygen atoms in total. The number of benzene rings is 1. The number of nitrogens with zero attached hydrogens (tertiary/aromatic N) is 6. The number of rotatable bonds is 9. The average molecular weight is 521 g/mol. The standard InChI is InChI=1S/C26H29ClN8O2/c1-3-34(4-2)16-22-23(24(33-37-22)17-6-5-7-18(27)14-17)20-8-11-28-26(31-20)30-19-10-13-35(15-19)25(36)21-9-12-29-32-21/h5-9,11-12,14,19H,3-4,10,13,15-16H2,1-2H3,(H,29,32)(H,28,30,31)/t19-/m1/s1. The SMILES string of the molecule is CCN(CC)Cc1onc(-c2cccc(Cl)c2)c1-c1ccnc(N[C@@H]2CCN(C(=O)c3ccn[nH]3)C2)n1. The van der Waals surface area contributed by atoms with E-state index < -0.39 is 0 Å². The quantitative estimate of drug-likeness (QED) is 0.335. The van der Waals surface area contributed by atoms with Crippen molar-refractivity contribution in [2.75, 3.05) is 31.5 Å². The van der Waals surface area contributed by atoms with Gasteiger partial charge in [-0.25, -0.2) is 9.97 Å². The molecule has 0 saturated carbocycles. The molecule has 1 amide bonds. The van der Waals surface area contributed by atoms with Crippen molar-refractivity contribution in [3.63, 3.8) is 0 Å². The van der Waals surface area contributed by atoms with Crippen molar-refractivity contribution in [2.24, 2.45) is 0 Å². The van der Waals surface area contributed by atoms with Crippen LogP contribution >= 0.6 is 11.6 Å². The monoisotopic (exact) mass is 520 g/mol. The van der Waals surface area contributed by atoms with Gasteiger partial charge < -0.3 is 14.7 Å². The van der Waals surface area contributed by atoms with E-state index in [-0.39, 0.29) is 11.9 Å². The van der Waals surface area contributed by atoms with Crippen LogP contribution in [0.5, 0.6) is 0 Å². The molecular weight excluding hydrogens is 492 g/mol. The molecule has 4 heterocycles. The van der Waals surface area contributed by atoms with Gasteiger partial charge in [-0.1, -0.05) is 42.7 Å². The molecule has 0 radical (unpaired) electrons. The van der Waals surface area contributed by atoms with Crippen LogP contribution < -0.4 is 5.32 Å². The molecule has 1 aromatic carbocycles. The maximum absolute atomic E-state index is 12.7. The molecular formula is C26H29ClN8O2. The molecule has 4 aromatic rings. The van der Waals surface area contributed by atoms with Gasteiger partial charge in [0.05, 0.1) is 17.8 Å². The molecule has 11 heteroatoms. The van der Waals surface area contributed by atoms with Gasteiger partial charge in [0.1, 0.15) is 11.4 Å². The second-order valence-corrected chi connectivity index (χ2v) is 9.35. The van der Waals surface area contributed by atoms with Crippen molar-refractivity contribution in [1.29, 1.82) is 0 Å². The third kappa shape index (κ3) is 5.50. The molecule has 1 aliphatic rings. The molecule has 1 atom stereocenters. The number of amides is 1. The fraction of sp³-hybridized carbons (Fsp3) is 0.346. The van der Waals surface area contributed by atoms with Crippen molar-refractivity contribution in [1.82, 2.24) is 35.1 Å². The number of carbonyl (C=O) groups excluding carboxylic acids is 1. The molecule has 5 rings (SSSR count). The summed E-state index contributed by atoms with van der Waals surface area (Å²) in [6.45, 7) is 7.81. The van der Waals surface area contributed by atoms with Crippen LogP contribution in [0.2, 0.25) is 5.02 Å². The molecule has 0 unspecified atom stereocenters. The maximum Gasteiger partial charge on any atom is 0.271 e. The van der Waals surface area contributed by atoms with Gasteiger partial charge in [0.2, 0.25) is 5.95 Å². The van der Waals surface area contributed by atoms with Crippen LogP contribution in [-0.4, -0.2) is 73.2 Å². The Balaban J connectivity index is 1.41. The van der Waals surface area contributed by atoms with Gasteiger partial charge in [0.25, 0.3) is 5.91 Å². The second kappa shape index (κ2) is 11.1. The number of hydrogen-bond donors (Lipinski definition) is 2. The Hall–Kier alpha value is -3.76. The summed E-state index contributed by atoms with van der Waals surface area (Å²) in [7, 11) is 0. The smallest absolute Gasteiger partial charge is 0.271 e. The number of aromatic amines is 1. The third-order valence-electron chi connectivity index (χ3n) is 6.57. The zero-order chi connectivity index (χ0) is 25.8. The lowest BCUT2D eigenvalue weighted by Crippen LogP contribution is -2.32. The maximum atomic E-state index is 12.7. The highest BCUT2D eigenvalue weighted by Gasteiger charge is 2.28. The molecule has 192 valence electrons. The Bertz CT molecular complexity index is 1350. The zero-order valence-electron chi connectivity index (χ0n) is 20.8. The van der Waals surface area contributed by atoms with E-state index in [4.69, 9.17) is 21.1 Å². The fourth-order valence-electron chi connectivity index (χ4n) is 4.54. The molecule has 0 spiro atoms. The Morgan fingerprint density at radius 1 is 1.24 bits per heavy atom. The van der Waals surface area contributed by atoms with Crippen LogP contribution in [0.4, 0.5) is 5.95 Å². The summed E-state index contributed by atoms with van der Waals surface area (Å²) >= 11 is 6.28. The van der Waals surface area contributed by atoms with Crippen LogP contribution in [0.1, 0.15) is 36.5 Å². The van der Waals surface area contributed by atoms with E-state index in [2.05, 4.69) is 44.4 Å². The molecule has 0 aliphatic carbocycles. The fourth-order valence-corrected chi connectivity index (χ4v) is 4.73. The van der Waals surface area contributed by atoms with Crippen LogP contribution in [0.25, 0.3) is 22.5 Å². The second-order valence-electron chi connectivity index (χ2n) is 8.92. The summed E-state index contributed by atoms with van der Waals surface area (Å²) in [6, 6.07) is 11.1. The van der Waals surface area contributed by atoms with Crippen LogP contribution in [0.15, 0.2) is 53.3 Å². The molecule has 3 aromatic heterocycles. The highest BCUT2D eigenvalue weighted by Crippen LogP contribution is 2.35. The topological polar surface area (TPSA) is 116 Å². The number of hydrogen-bond acceptors (Lipinski definition) is 8. The number of halogens is 1. The van der Waals surface area contributed by atoms with Gasteiger partial charge in [0.15, 0.2) is 5.76 Å². The van der Waals surface area contributed by atoms with E-state index in [1.54, 1.807) is 23.4 Å². The highest BCUT2D eigenvalue weighted by atomic mass is 35.5. The van der Waals surface area contributed by atoms with E-state index in [0.29, 0.717) is 47.7 Å². The van der Waals surface area contributed by atoms with E-state index in [0.717, 1.165) is 36.4 Å². The van der Waals surface area contributed by atoms with Crippen LogP contribution in [0, 0.1) is 0 Å². The Morgan fingerprint density at radius 2 is 2.11 bits per heavy atom. The Morgan fingerprint density at radius 3 is 2.86 bits per heavy atom. The Labute approximate surface area is 220 Å². The highest BCUT2D eigenvalue weighted by molar-refractivity contribution is 6.30. The lowest BCUT2D eigenvalue weighted by Gasteiger charge is -2.17. The van der Waals surface area contributed by atoms with Crippen molar-refractivity contribution in [3.05, 3.63) is 65.3 Å². The molecule has 1 saturated heterocycles. The van der Waals surface area contributed by atoms with Crippen LogP contribution in [0.3, 0.4) is 0 Å². The number of anilines is 1. The van der Waals surface area contributed by atoms with E-state index in [1.807, 2.05) is 30.3 Å². The van der Waals surface area contributed by atoms with Crippen molar-refractivity contribution in [2.45, 2.75) is 32.9 Å². The number of nitrogens with one attached hydrogen (secondary N) is 2. The van der Waals surface area contributed by atoms with Gasteiger partial charge >= 0.3 is 0 Å². The summed E-state index contributed by atoms with van der Waals surface area (Å²) in [6.07, 6.45) is 4.10. The van der Waals surface area contributed by atoms with Gasteiger partial charge in [-0.05, 0) is 43.8 Å². The van der Waals surface area contributed by atoms with Crippen molar-refractivity contribution < 1.29 is 9.32 Å². The summed E-state index contributed by atoms with van der Waals surface area (Å²) < 4.78 is 5.86. The third-order valence-corrected chi connectivity index (χ3v) is 6.81. The predicted octanol–water partition coefficient (Wildman–Crippen LogP) is 4.34. The summed E-state index contributed by atoms with van der Waals surface area (Å²) in [5, 5.41) is 15.1. The number of carbonyl (C=O) groups is 1. The van der Waals surface area contributed by atoms with E-state index in [9.17, 15) is 4.79 Å².